The molecule has 0 aliphatic carbocycles. The fourth-order valence-electron chi connectivity index (χ4n) is 1.04. The van der Waals surface area contributed by atoms with Crippen molar-refractivity contribution in [1.82, 2.24) is 4.98 Å². The molecule has 0 unspecified atom stereocenters. The molecule has 2 rings (SSSR count). The third kappa shape index (κ3) is 0.658. The van der Waals surface area contributed by atoms with Gasteiger partial charge in [-0.25, -0.2) is 0 Å². The zero-order valence-corrected chi connectivity index (χ0v) is 5.33. The minimum atomic E-state index is 0.312. The Morgan fingerprint density at radius 1 is 1.10 bits per heavy atom. The lowest BCUT2D eigenvalue weighted by atomic mass is 10.2. The molecular formula is C8H7NO. The highest BCUT2D eigenvalue weighted by molar-refractivity contribution is 5.83. The molecule has 0 fully saturated rings. The SMILES string of the molecule is Oc1ccc2c[nH]cc2c1. The highest BCUT2D eigenvalue weighted by Crippen LogP contribution is 2.18. The first-order chi connectivity index (χ1) is 4.86. The number of benzene rings is 1. The topological polar surface area (TPSA) is 36.0 Å². The van der Waals surface area contributed by atoms with Gasteiger partial charge in [-0.05, 0) is 23.6 Å². The molecule has 0 amide bonds. The fraction of sp³-hybridized carbons (Fsp3) is 0. The molecule has 0 spiro atoms. The van der Waals surface area contributed by atoms with Gasteiger partial charge in [0.15, 0.2) is 0 Å². The largest absolute Gasteiger partial charge is 0.508 e. The molecule has 2 aromatic rings. The van der Waals surface area contributed by atoms with Crippen molar-refractivity contribution in [3.05, 3.63) is 30.6 Å². The van der Waals surface area contributed by atoms with E-state index in [9.17, 15) is 0 Å². The van der Waals surface area contributed by atoms with Gasteiger partial charge in [-0.3, -0.25) is 0 Å². The molecule has 2 heteroatoms. The summed E-state index contributed by atoms with van der Waals surface area (Å²) in [6, 6.07) is 5.28. The molecule has 2 nitrogen and oxygen atoms in total. The Hall–Kier alpha value is -1.44. The lowest BCUT2D eigenvalue weighted by molar-refractivity contribution is 0.476. The molecule has 2 N–H and O–H groups in total. The number of aromatic nitrogens is 1. The summed E-state index contributed by atoms with van der Waals surface area (Å²) in [5.41, 5.74) is 0. The Labute approximate surface area is 58.1 Å². The standard InChI is InChI=1S/C8H7NO/c10-8-2-1-6-4-9-5-7(6)3-8/h1-5,9-10H. The number of hydrogen-bond donors (Lipinski definition) is 2. The summed E-state index contributed by atoms with van der Waals surface area (Å²) in [6.45, 7) is 0. The van der Waals surface area contributed by atoms with E-state index in [1.165, 1.54) is 0 Å². The van der Waals surface area contributed by atoms with Crippen LogP contribution in [0.25, 0.3) is 10.8 Å². The highest BCUT2D eigenvalue weighted by atomic mass is 16.3. The van der Waals surface area contributed by atoms with E-state index in [1.54, 1.807) is 12.1 Å². The number of phenols is 1. The second-order valence-corrected chi connectivity index (χ2v) is 2.27. The fourth-order valence-corrected chi connectivity index (χ4v) is 1.04. The van der Waals surface area contributed by atoms with E-state index >= 15 is 0 Å². The average Bonchev–Trinajstić information content (AvgIpc) is 2.33. The predicted molar refractivity (Wildman–Crippen MR) is 40.0 cm³/mol. The van der Waals surface area contributed by atoms with Gasteiger partial charge in [0.2, 0.25) is 0 Å². The zero-order chi connectivity index (χ0) is 6.97. The monoisotopic (exact) mass is 133 g/mol. The van der Waals surface area contributed by atoms with Gasteiger partial charge in [0.1, 0.15) is 5.75 Å². The van der Waals surface area contributed by atoms with Crippen LogP contribution < -0.4 is 0 Å². The van der Waals surface area contributed by atoms with Crippen molar-refractivity contribution >= 4 is 10.8 Å². The van der Waals surface area contributed by atoms with Gasteiger partial charge >= 0.3 is 0 Å². The molecular weight excluding hydrogens is 126 g/mol. The van der Waals surface area contributed by atoms with E-state index in [-0.39, 0.29) is 0 Å². The van der Waals surface area contributed by atoms with Crippen LogP contribution in [0.3, 0.4) is 0 Å². The number of aromatic amines is 1. The van der Waals surface area contributed by atoms with Gasteiger partial charge in [-0.15, -0.1) is 0 Å². The predicted octanol–water partition coefficient (Wildman–Crippen LogP) is 1.87. The molecule has 50 valence electrons. The first-order valence-corrected chi connectivity index (χ1v) is 3.12. The molecule has 0 aliphatic heterocycles. The van der Waals surface area contributed by atoms with E-state index in [1.807, 2.05) is 18.5 Å². The van der Waals surface area contributed by atoms with Gasteiger partial charge < -0.3 is 10.1 Å². The molecule has 0 aliphatic rings. The van der Waals surface area contributed by atoms with Crippen LogP contribution in [-0.2, 0) is 0 Å². The number of phenolic OH excluding ortho intramolecular Hbond substituents is 1. The maximum atomic E-state index is 9.03. The maximum Gasteiger partial charge on any atom is 0.116 e. The third-order valence-electron chi connectivity index (χ3n) is 1.55. The van der Waals surface area contributed by atoms with Crippen molar-refractivity contribution in [2.75, 3.05) is 0 Å². The molecule has 1 aromatic carbocycles. The average molecular weight is 133 g/mol. The summed E-state index contributed by atoms with van der Waals surface area (Å²) in [6.07, 6.45) is 3.75. The zero-order valence-electron chi connectivity index (χ0n) is 5.33. The molecule has 1 aromatic heterocycles. The Bertz CT molecular complexity index is 351. The summed E-state index contributed by atoms with van der Waals surface area (Å²) in [7, 11) is 0. The number of H-pyrrole nitrogens is 1. The van der Waals surface area contributed by atoms with E-state index in [0.29, 0.717) is 5.75 Å². The quantitative estimate of drug-likeness (QED) is 0.565. The van der Waals surface area contributed by atoms with Crippen LogP contribution in [-0.4, -0.2) is 10.1 Å². The van der Waals surface area contributed by atoms with Crippen LogP contribution in [0.2, 0.25) is 0 Å². The Morgan fingerprint density at radius 2 is 1.90 bits per heavy atom. The number of aromatic hydroxyl groups is 1. The second-order valence-electron chi connectivity index (χ2n) is 2.27. The molecule has 10 heavy (non-hydrogen) atoms. The van der Waals surface area contributed by atoms with Crippen LogP contribution in [0, 0.1) is 0 Å². The Kier molecular flexibility index (Phi) is 0.947. The smallest absolute Gasteiger partial charge is 0.116 e. The normalized spacial score (nSPS) is 10.4. The number of rotatable bonds is 0. The number of fused-ring (bicyclic) bond motifs is 1. The molecule has 0 saturated heterocycles. The summed E-state index contributed by atoms with van der Waals surface area (Å²) in [5.74, 6) is 0.312. The second kappa shape index (κ2) is 1.77. The van der Waals surface area contributed by atoms with Gasteiger partial charge in [-0.1, -0.05) is 0 Å². The summed E-state index contributed by atoms with van der Waals surface area (Å²) >= 11 is 0. The molecule has 1 heterocycles. The van der Waals surface area contributed by atoms with Gasteiger partial charge in [0, 0.05) is 17.8 Å². The lowest BCUT2D eigenvalue weighted by Gasteiger charge is -1.89. The van der Waals surface area contributed by atoms with Crippen LogP contribution in [0.5, 0.6) is 5.75 Å². The minimum Gasteiger partial charge on any atom is -0.508 e. The van der Waals surface area contributed by atoms with Crippen molar-refractivity contribution in [2.45, 2.75) is 0 Å². The highest BCUT2D eigenvalue weighted by Gasteiger charge is 1.92. The van der Waals surface area contributed by atoms with Crippen molar-refractivity contribution < 1.29 is 5.11 Å². The molecule has 0 atom stereocenters. The van der Waals surface area contributed by atoms with E-state index in [2.05, 4.69) is 4.98 Å². The summed E-state index contributed by atoms with van der Waals surface area (Å²) in [5, 5.41) is 11.2. The third-order valence-corrected chi connectivity index (χ3v) is 1.55. The van der Waals surface area contributed by atoms with Gasteiger partial charge in [-0.2, -0.15) is 0 Å². The maximum absolute atomic E-state index is 9.03. The first-order valence-electron chi connectivity index (χ1n) is 3.12. The molecule has 0 radical (unpaired) electrons. The van der Waals surface area contributed by atoms with E-state index < -0.39 is 0 Å². The van der Waals surface area contributed by atoms with E-state index in [0.717, 1.165) is 10.8 Å². The van der Waals surface area contributed by atoms with Crippen LogP contribution in [0.15, 0.2) is 30.6 Å². The van der Waals surface area contributed by atoms with Crippen LogP contribution >= 0.6 is 0 Å². The lowest BCUT2D eigenvalue weighted by Crippen LogP contribution is -1.62. The number of nitrogens with one attached hydrogen (secondary N) is 1. The van der Waals surface area contributed by atoms with Crippen LogP contribution in [0.1, 0.15) is 0 Å². The number of hydrogen-bond acceptors (Lipinski definition) is 1. The minimum absolute atomic E-state index is 0.312. The summed E-state index contributed by atoms with van der Waals surface area (Å²) < 4.78 is 0. The Morgan fingerprint density at radius 3 is 2.80 bits per heavy atom. The van der Waals surface area contributed by atoms with Gasteiger partial charge in [0.05, 0.1) is 0 Å². The first kappa shape index (κ1) is 5.35. The van der Waals surface area contributed by atoms with Crippen molar-refractivity contribution in [2.24, 2.45) is 0 Å². The molecule has 0 bridgehead atoms. The van der Waals surface area contributed by atoms with E-state index in [4.69, 9.17) is 5.11 Å². The van der Waals surface area contributed by atoms with Crippen molar-refractivity contribution in [3.63, 3.8) is 0 Å². The molecule has 0 saturated carbocycles. The summed E-state index contributed by atoms with van der Waals surface area (Å²) in [4.78, 5) is 2.95. The van der Waals surface area contributed by atoms with Crippen LogP contribution in [0.4, 0.5) is 0 Å². The Balaban J connectivity index is 2.86. The van der Waals surface area contributed by atoms with Gasteiger partial charge in [0.25, 0.3) is 0 Å². The van der Waals surface area contributed by atoms with Crippen molar-refractivity contribution in [1.29, 1.82) is 0 Å². The van der Waals surface area contributed by atoms with Crippen molar-refractivity contribution in [3.8, 4) is 5.75 Å².